The van der Waals surface area contributed by atoms with Crippen molar-refractivity contribution in [3.05, 3.63) is 66.4 Å². The number of para-hydroxylation sites is 1. The number of nitrogens with zero attached hydrogens (tertiary/aromatic N) is 2. The van der Waals surface area contributed by atoms with Crippen molar-refractivity contribution in [1.29, 1.82) is 0 Å². The maximum Gasteiger partial charge on any atom is 0.342 e. The molecule has 2 atom stereocenters. The molecular formula is C26H29N3O4. The molecule has 0 bridgehead atoms. The van der Waals surface area contributed by atoms with Gasteiger partial charge in [-0.1, -0.05) is 38.0 Å². The summed E-state index contributed by atoms with van der Waals surface area (Å²) in [5.41, 5.74) is 2.34. The number of rotatable bonds is 7. The highest BCUT2D eigenvalue weighted by Crippen LogP contribution is 2.27. The molecule has 7 heteroatoms. The molecule has 0 spiro atoms. The molecule has 172 valence electrons. The molecule has 0 aliphatic heterocycles. The van der Waals surface area contributed by atoms with Crippen LogP contribution in [0.3, 0.4) is 0 Å². The van der Waals surface area contributed by atoms with Gasteiger partial charge >= 0.3 is 5.97 Å². The van der Waals surface area contributed by atoms with Crippen LogP contribution in [0.2, 0.25) is 0 Å². The van der Waals surface area contributed by atoms with E-state index in [9.17, 15) is 9.59 Å². The van der Waals surface area contributed by atoms with E-state index in [1.807, 2.05) is 54.6 Å². The van der Waals surface area contributed by atoms with Gasteiger partial charge in [-0.05, 0) is 55.2 Å². The van der Waals surface area contributed by atoms with Crippen molar-refractivity contribution < 1.29 is 19.1 Å². The van der Waals surface area contributed by atoms with E-state index in [1.165, 1.54) is 6.42 Å². The number of benzene rings is 2. The van der Waals surface area contributed by atoms with Crippen LogP contribution in [-0.4, -0.2) is 41.4 Å². The molecule has 1 N–H and O–H groups in total. The summed E-state index contributed by atoms with van der Waals surface area (Å²) in [4.78, 5) is 25.4. The van der Waals surface area contributed by atoms with E-state index in [2.05, 4.69) is 17.3 Å². The fourth-order valence-electron chi connectivity index (χ4n) is 4.19. The highest BCUT2D eigenvalue weighted by Gasteiger charge is 2.24. The first-order valence-corrected chi connectivity index (χ1v) is 11.3. The SMILES string of the molecule is COc1ccc(-c2nn(-c3ccccc3)cc2C(=O)OCC(=O)N[C@@H]2CCCC[C@H]2C)cc1. The van der Waals surface area contributed by atoms with E-state index in [0.717, 1.165) is 30.5 Å². The zero-order chi connectivity index (χ0) is 23.2. The van der Waals surface area contributed by atoms with Gasteiger partial charge in [-0.2, -0.15) is 5.10 Å². The predicted octanol–water partition coefficient (Wildman–Crippen LogP) is 4.40. The van der Waals surface area contributed by atoms with Gasteiger partial charge < -0.3 is 14.8 Å². The van der Waals surface area contributed by atoms with Crippen molar-refractivity contribution in [2.24, 2.45) is 5.92 Å². The van der Waals surface area contributed by atoms with Gasteiger partial charge in [0.05, 0.1) is 12.8 Å². The molecule has 7 nitrogen and oxygen atoms in total. The maximum atomic E-state index is 13.0. The number of methoxy groups -OCH3 is 1. The summed E-state index contributed by atoms with van der Waals surface area (Å²) in [7, 11) is 1.60. The van der Waals surface area contributed by atoms with Crippen molar-refractivity contribution in [2.75, 3.05) is 13.7 Å². The van der Waals surface area contributed by atoms with Crippen LogP contribution in [0, 0.1) is 5.92 Å². The molecule has 0 unspecified atom stereocenters. The van der Waals surface area contributed by atoms with Crippen LogP contribution >= 0.6 is 0 Å². The Kier molecular flexibility index (Phi) is 7.07. The van der Waals surface area contributed by atoms with Crippen LogP contribution in [0.1, 0.15) is 43.0 Å². The Morgan fingerprint density at radius 1 is 1.06 bits per heavy atom. The molecule has 1 aliphatic carbocycles. The van der Waals surface area contributed by atoms with Gasteiger partial charge in [-0.15, -0.1) is 0 Å². The second-order valence-corrected chi connectivity index (χ2v) is 8.41. The Bertz CT molecular complexity index is 1090. The minimum atomic E-state index is -0.588. The molecular weight excluding hydrogens is 418 g/mol. The van der Waals surface area contributed by atoms with Gasteiger partial charge in [0.1, 0.15) is 17.0 Å². The molecule has 4 rings (SSSR count). The van der Waals surface area contributed by atoms with Crippen molar-refractivity contribution in [1.82, 2.24) is 15.1 Å². The van der Waals surface area contributed by atoms with Crippen molar-refractivity contribution in [3.63, 3.8) is 0 Å². The number of amides is 1. The third kappa shape index (κ3) is 5.42. The average molecular weight is 448 g/mol. The van der Waals surface area contributed by atoms with Crippen LogP contribution < -0.4 is 10.1 Å². The highest BCUT2D eigenvalue weighted by atomic mass is 16.5. The third-order valence-corrected chi connectivity index (χ3v) is 6.11. The number of carbonyl (C=O) groups is 2. The molecule has 2 aromatic carbocycles. The molecule has 3 aromatic rings. The first kappa shape index (κ1) is 22.6. The second kappa shape index (κ2) is 10.3. The smallest absolute Gasteiger partial charge is 0.342 e. The lowest BCUT2D eigenvalue weighted by Gasteiger charge is -2.29. The summed E-state index contributed by atoms with van der Waals surface area (Å²) in [6.07, 6.45) is 6.01. The van der Waals surface area contributed by atoms with Crippen LogP contribution in [0.4, 0.5) is 0 Å². The lowest BCUT2D eigenvalue weighted by Crippen LogP contribution is -2.42. The van der Waals surface area contributed by atoms with Gasteiger partial charge in [0, 0.05) is 17.8 Å². The number of carbonyl (C=O) groups excluding carboxylic acids is 2. The topological polar surface area (TPSA) is 82.5 Å². The van der Waals surface area contributed by atoms with E-state index in [1.54, 1.807) is 18.0 Å². The quantitative estimate of drug-likeness (QED) is 0.543. The van der Waals surface area contributed by atoms with Crippen LogP contribution in [0.5, 0.6) is 5.75 Å². The third-order valence-electron chi connectivity index (χ3n) is 6.11. The molecule has 1 amide bonds. The first-order chi connectivity index (χ1) is 16.0. The maximum absolute atomic E-state index is 13.0. The Morgan fingerprint density at radius 3 is 2.48 bits per heavy atom. The molecule has 1 aromatic heterocycles. The van der Waals surface area contributed by atoms with Gasteiger partial charge in [-0.3, -0.25) is 4.79 Å². The second-order valence-electron chi connectivity index (χ2n) is 8.41. The fourth-order valence-corrected chi connectivity index (χ4v) is 4.19. The lowest BCUT2D eigenvalue weighted by atomic mass is 9.86. The fraction of sp³-hybridized carbons (Fsp3) is 0.346. The van der Waals surface area contributed by atoms with Gasteiger partial charge in [-0.25, -0.2) is 9.48 Å². The number of aromatic nitrogens is 2. The highest BCUT2D eigenvalue weighted by molar-refractivity contribution is 5.97. The summed E-state index contributed by atoms with van der Waals surface area (Å²) in [5.74, 6) is 0.279. The molecule has 33 heavy (non-hydrogen) atoms. The monoisotopic (exact) mass is 447 g/mol. The summed E-state index contributed by atoms with van der Waals surface area (Å²) >= 11 is 0. The van der Waals surface area contributed by atoms with Crippen molar-refractivity contribution in [3.8, 4) is 22.7 Å². The Labute approximate surface area is 193 Å². The minimum Gasteiger partial charge on any atom is -0.497 e. The largest absolute Gasteiger partial charge is 0.497 e. The van der Waals surface area contributed by atoms with Crippen LogP contribution in [-0.2, 0) is 9.53 Å². The number of hydrogen-bond donors (Lipinski definition) is 1. The Morgan fingerprint density at radius 2 is 1.79 bits per heavy atom. The van der Waals surface area contributed by atoms with Gasteiger partial charge in [0.2, 0.25) is 0 Å². The molecule has 1 heterocycles. The van der Waals surface area contributed by atoms with Gasteiger partial charge in [0.25, 0.3) is 5.91 Å². The van der Waals surface area contributed by atoms with Crippen molar-refractivity contribution in [2.45, 2.75) is 38.6 Å². The first-order valence-electron chi connectivity index (χ1n) is 11.3. The summed E-state index contributed by atoms with van der Waals surface area (Å²) < 4.78 is 12.3. The van der Waals surface area contributed by atoms with Crippen LogP contribution in [0.25, 0.3) is 16.9 Å². The molecule has 1 aliphatic rings. The zero-order valence-corrected chi connectivity index (χ0v) is 19.0. The van der Waals surface area contributed by atoms with E-state index < -0.39 is 5.97 Å². The number of esters is 1. The standard InChI is InChI=1S/C26H29N3O4/c1-18-8-6-7-11-23(18)27-24(30)17-33-26(31)22-16-29(20-9-4-3-5-10-20)28-25(22)19-12-14-21(32-2)15-13-19/h3-5,9-10,12-16,18,23H,6-8,11,17H2,1-2H3,(H,27,30)/t18-,23-/m1/s1. The molecule has 0 saturated heterocycles. The Hall–Kier alpha value is -3.61. The van der Waals surface area contributed by atoms with E-state index in [0.29, 0.717) is 22.9 Å². The normalized spacial score (nSPS) is 17.9. The molecule has 1 fully saturated rings. The number of hydrogen-bond acceptors (Lipinski definition) is 5. The van der Waals surface area contributed by atoms with E-state index >= 15 is 0 Å². The summed E-state index contributed by atoms with van der Waals surface area (Å²) in [6.45, 7) is 1.83. The summed E-state index contributed by atoms with van der Waals surface area (Å²) in [6, 6.07) is 17.0. The average Bonchev–Trinajstić information content (AvgIpc) is 3.30. The van der Waals surface area contributed by atoms with E-state index in [4.69, 9.17) is 9.47 Å². The predicted molar refractivity (Wildman–Crippen MR) is 125 cm³/mol. The Balaban J connectivity index is 1.52. The molecule has 0 radical (unpaired) electrons. The minimum absolute atomic E-state index is 0.139. The number of ether oxygens (including phenoxy) is 2. The van der Waals surface area contributed by atoms with Crippen molar-refractivity contribution >= 4 is 11.9 Å². The van der Waals surface area contributed by atoms with Gasteiger partial charge in [0.15, 0.2) is 6.61 Å². The van der Waals surface area contributed by atoms with Crippen LogP contribution in [0.15, 0.2) is 60.8 Å². The molecule has 1 saturated carbocycles. The number of nitrogens with one attached hydrogen (secondary N) is 1. The lowest BCUT2D eigenvalue weighted by molar-refractivity contribution is -0.125. The van der Waals surface area contributed by atoms with E-state index in [-0.39, 0.29) is 18.6 Å². The summed E-state index contributed by atoms with van der Waals surface area (Å²) in [5, 5.41) is 7.65. The zero-order valence-electron chi connectivity index (χ0n) is 19.0.